The summed E-state index contributed by atoms with van der Waals surface area (Å²) in [6, 6.07) is 0. The van der Waals surface area contributed by atoms with Gasteiger partial charge in [0.1, 0.15) is 30.2 Å². The Labute approximate surface area is 165 Å². The van der Waals surface area contributed by atoms with Crippen LogP contribution in [0.4, 0.5) is 5.82 Å². The lowest BCUT2D eigenvalue weighted by molar-refractivity contribution is -0.0487. The number of rotatable bonds is 10. The monoisotopic (exact) mass is 433 g/mol. The predicted molar refractivity (Wildman–Crippen MR) is 99.3 cm³/mol. The summed E-state index contributed by atoms with van der Waals surface area (Å²) in [6.07, 6.45) is -2.26. The Morgan fingerprint density at radius 3 is 2.83 bits per heavy atom. The highest BCUT2D eigenvalue weighted by atomic mass is 31.2. The van der Waals surface area contributed by atoms with E-state index in [0.717, 1.165) is 0 Å². The summed E-state index contributed by atoms with van der Waals surface area (Å²) in [7, 11) is -4.16. The molecular formula is C14H24N7O7P. The lowest BCUT2D eigenvalue weighted by Crippen LogP contribution is -2.34. The number of nitrogens with one attached hydrogen (secondary N) is 1. The SMILES string of the molecule is NCCOCCNP(=O)(O)OC[C@H]1O[C@@H](n2cnc3c(N)ncnc32)[C@H](O)[C@@H]1O. The quantitative estimate of drug-likeness (QED) is 0.172. The van der Waals surface area contributed by atoms with Crippen molar-refractivity contribution in [3.05, 3.63) is 12.7 Å². The molecule has 3 rings (SSSR count). The number of nitrogens with zero attached hydrogens (tertiary/aromatic N) is 4. The van der Waals surface area contributed by atoms with Crippen LogP contribution >= 0.6 is 7.75 Å². The van der Waals surface area contributed by atoms with Gasteiger partial charge in [0.25, 0.3) is 0 Å². The highest BCUT2D eigenvalue weighted by Crippen LogP contribution is 2.39. The van der Waals surface area contributed by atoms with E-state index in [9.17, 15) is 19.7 Å². The molecule has 2 aromatic rings. The van der Waals surface area contributed by atoms with Crippen molar-refractivity contribution in [3.8, 4) is 0 Å². The van der Waals surface area contributed by atoms with Gasteiger partial charge in [-0.2, -0.15) is 0 Å². The Balaban J connectivity index is 1.59. The standard InChI is InChI=1S/C14H24N7O7P/c15-1-3-26-4-2-20-29(24,25)27-5-8-10(22)11(23)14(28-8)21-7-19-9-12(16)17-6-18-13(9)21/h6-8,10-11,14,22-23H,1-5,15H2,(H2,16,17,18)(H2,20,24,25)/t8-,10-,11-,14-/m1/s1. The van der Waals surface area contributed by atoms with E-state index in [2.05, 4.69) is 20.0 Å². The molecule has 1 aliphatic heterocycles. The molecule has 1 saturated heterocycles. The number of ether oxygens (including phenoxy) is 2. The first kappa shape index (κ1) is 22.0. The molecule has 162 valence electrons. The van der Waals surface area contributed by atoms with Gasteiger partial charge in [0, 0.05) is 13.1 Å². The van der Waals surface area contributed by atoms with Crippen LogP contribution in [0.2, 0.25) is 0 Å². The molecule has 15 heteroatoms. The molecule has 0 aromatic carbocycles. The molecule has 0 saturated carbocycles. The zero-order chi connectivity index (χ0) is 21.0. The summed E-state index contributed by atoms with van der Waals surface area (Å²) in [5, 5.41) is 22.9. The van der Waals surface area contributed by atoms with Gasteiger partial charge < -0.3 is 36.0 Å². The molecule has 2 aromatic heterocycles. The van der Waals surface area contributed by atoms with E-state index in [1.54, 1.807) is 0 Å². The van der Waals surface area contributed by atoms with Crippen molar-refractivity contribution in [3.63, 3.8) is 0 Å². The third kappa shape index (κ3) is 5.06. The molecule has 0 amide bonds. The first-order chi connectivity index (χ1) is 13.8. The number of aliphatic hydroxyl groups is 2. The molecular weight excluding hydrogens is 409 g/mol. The average Bonchev–Trinajstić information content (AvgIpc) is 3.23. The van der Waals surface area contributed by atoms with Gasteiger partial charge in [-0.3, -0.25) is 9.09 Å². The Morgan fingerprint density at radius 1 is 1.28 bits per heavy atom. The number of aromatic nitrogens is 4. The number of aliphatic hydroxyl groups excluding tert-OH is 2. The van der Waals surface area contributed by atoms with Gasteiger partial charge in [0.2, 0.25) is 0 Å². The van der Waals surface area contributed by atoms with Gasteiger partial charge in [0.15, 0.2) is 17.7 Å². The highest BCUT2D eigenvalue weighted by Gasteiger charge is 2.45. The van der Waals surface area contributed by atoms with E-state index in [-0.39, 0.29) is 19.0 Å². The summed E-state index contributed by atoms with van der Waals surface area (Å²) in [4.78, 5) is 21.8. The van der Waals surface area contributed by atoms with E-state index in [1.165, 1.54) is 17.2 Å². The summed E-state index contributed by atoms with van der Waals surface area (Å²) >= 11 is 0. The first-order valence-electron chi connectivity index (χ1n) is 8.79. The lowest BCUT2D eigenvalue weighted by Gasteiger charge is -2.18. The molecule has 1 unspecified atom stereocenters. The Kier molecular flexibility index (Phi) is 7.10. The van der Waals surface area contributed by atoms with Gasteiger partial charge in [0.05, 0.1) is 26.1 Å². The fourth-order valence-corrected chi connectivity index (χ4v) is 3.63. The van der Waals surface area contributed by atoms with Crippen molar-refractivity contribution in [2.75, 3.05) is 38.6 Å². The van der Waals surface area contributed by atoms with E-state index < -0.39 is 38.9 Å². The van der Waals surface area contributed by atoms with Crippen molar-refractivity contribution in [1.82, 2.24) is 24.6 Å². The van der Waals surface area contributed by atoms with Gasteiger partial charge in [-0.1, -0.05) is 0 Å². The van der Waals surface area contributed by atoms with Crippen LogP contribution in [0.3, 0.4) is 0 Å². The fraction of sp³-hybridized carbons (Fsp3) is 0.643. The minimum atomic E-state index is -4.16. The number of hydrogen-bond donors (Lipinski definition) is 6. The maximum Gasteiger partial charge on any atom is 0.403 e. The van der Waals surface area contributed by atoms with E-state index in [4.69, 9.17) is 25.5 Å². The minimum Gasteiger partial charge on any atom is -0.387 e. The van der Waals surface area contributed by atoms with Gasteiger partial charge in [-0.25, -0.2) is 24.6 Å². The summed E-state index contributed by atoms with van der Waals surface area (Å²) < 4.78 is 29.1. The van der Waals surface area contributed by atoms with E-state index in [1.807, 2.05) is 0 Å². The molecule has 5 atom stereocenters. The van der Waals surface area contributed by atoms with Crippen LogP contribution in [0.25, 0.3) is 11.2 Å². The number of anilines is 1. The lowest BCUT2D eigenvalue weighted by atomic mass is 10.1. The second kappa shape index (κ2) is 9.38. The largest absolute Gasteiger partial charge is 0.403 e. The second-order valence-corrected chi connectivity index (χ2v) is 7.87. The van der Waals surface area contributed by atoms with Crippen LogP contribution in [0, 0.1) is 0 Å². The predicted octanol–water partition coefficient (Wildman–Crippen LogP) is -2.29. The van der Waals surface area contributed by atoms with Crippen LogP contribution in [-0.2, 0) is 18.6 Å². The maximum absolute atomic E-state index is 12.0. The van der Waals surface area contributed by atoms with E-state index >= 15 is 0 Å². The molecule has 8 N–H and O–H groups in total. The van der Waals surface area contributed by atoms with Gasteiger partial charge in [-0.05, 0) is 0 Å². The first-order valence-corrected chi connectivity index (χ1v) is 10.4. The normalized spacial score (nSPS) is 26.8. The number of imidazole rings is 1. The number of nitrogens with two attached hydrogens (primary N) is 2. The summed E-state index contributed by atoms with van der Waals surface area (Å²) in [5.41, 5.74) is 11.6. The van der Waals surface area contributed by atoms with Crippen LogP contribution < -0.4 is 16.6 Å². The Morgan fingerprint density at radius 2 is 2.07 bits per heavy atom. The average molecular weight is 433 g/mol. The zero-order valence-electron chi connectivity index (χ0n) is 15.4. The van der Waals surface area contributed by atoms with Crippen LogP contribution in [0.5, 0.6) is 0 Å². The van der Waals surface area contributed by atoms with Crippen LogP contribution in [0.1, 0.15) is 6.23 Å². The second-order valence-electron chi connectivity index (χ2n) is 6.25. The molecule has 3 heterocycles. The summed E-state index contributed by atoms with van der Waals surface area (Å²) in [6.45, 7) is 0.475. The topological polar surface area (TPSA) is 213 Å². The third-order valence-electron chi connectivity index (χ3n) is 4.23. The smallest absolute Gasteiger partial charge is 0.387 e. The number of hydrogen-bond acceptors (Lipinski definition) is 11. The number of nitrogen functional groups attached to an aromatic ring is 1. The third-order valence-corrected chi connectivity index (χ3v) is 5.35. The molecule has 29 heavy (non-hydrogen) atoms. The molecule has 0 spiro atoms. The Hall–Kier alpha value is -1.74. The van der Waals surface area contributed by atoms with Crippen molar-refractivity contribution in [1.29, 1.82) is 0 Å². The number of fused-ring (bicyclic) bond motifs is 1. The molecule has 0 bridgehead atoms. The van der Waals surface area contributed by atoms with Crippen molar-refractivity contribution in [2.45, 2.75) is 24.5 Å². The Bertz CT molecular complexity index is 868. The van der Waals surface area contributed by atoms with Crippen LogP contribution in [0.15, 0.2) is 12.7 Å². The van der Waals surface area contributed by atoms with Crippen LogP contribution in [-0.4, -0.2) is 85.8 Å². The highest BCUT2D eigenvalue weighted by molar-refractivity contribution is 7.50. The van der Waals surface area contributed by atoms with E-state index in [0.29, 0.717) is 24.3 Å². The minimum absolute atomic E-state index is 0.0647. The van der Waals surface area contributed by atoms with Crippen molar-refractivity contribution in [2.24, 2.45) is 5.73 Å². The maximum atomic E-state index is 12.0. The molecule has 1 fully saturated rings. The molecule has 1 aliphatic rings. The van der Waals surface area contributed by atoms with Crippen molar-refractivity contribution >= 4 is 24.7 Å². The molecule has 14 nitrogen and oxygen atoms in total. The van der Waals surface area contributed by atoms with Gasteiger partial charge in [-0.15, -0.1) is 0 Å². The fourth-order valence-electron chi connectivity index (χ4n) is 2.82. The van der Waals surface area contributed by atoms with Gasteiger partial charge >= 0.3 is 7.75 Å². The molecule has 0 aliphatic carbocycles. The molecule has 0 radical (unpaired) electrons. The zero-order valence-corrected chi connectivity index (χ0v) is 16.3. The summed E-state index contributed by atoms with van der Waals surface area (Å²) in [5.74, 6) is 0.157. The van der Waals surface area contributed by atoms with Crippen molar-refractivity contribution < 1.29 is 33.7 Å².